The van der Waals surface area contributed by atoms with Gasteiger partial charge in [-0.25, -0.2) is 0 Å². The Balaban J connectivity index is 2.64. The van der Waals surface area contributed by atoms with Crippen LogP contribution in [0.2, 0.25) is 5.02 Å². The largest absolute Gasteiger partial charge is 0.504 e. The number of benzene rings is 1. The molecule has 1 aromatic carbocycles. The lowest BCUT2D eigenvalue weighted by molar-refractivity contribution is 0.146. The fourth-order valence-electron chi connectivity index (χ4n) is 1.12. The molecule has 16 heavy (non-hydrogen) atoms. The van der Waals surface area contributed by atoms with Crippen molar-refractivity contribution in [3.8, 4) is 5.75 Å². The van der Waals surface area contributed by atoms with Gasteiger partial charge in [-0.05, 0) is 23.8 Å². The number of halogens is 1. The van der Waals surface area contributed by atoms with Crippen molar-refractivity contribution in [2.24, 2.45) is 0 Å². The molecule has 0 aliphatic heterocycles. The average molecular weight is 243 g/mol. The van der Waals surface area contributed by atoms with Crippen LogP contribution in [0.4, 0.5) is 0 Å². The van der Waals surface area contributed by atoms with E-state index in [9.17, 15) is 0 Å². The molecule has 0 spiro atoms. The van der Waals surface area contributed by atoms with Crippen LogP contribution in [-0.2, 0) is 9.47 Å². The van der Waals surface area contributed by atoms with Gasteiger partial charge in [0.25, 0.3) is 0 Å². The maximum absolute atomic E-state index is 6.05. The van der Waals surface area contributed by atoms with Crippen LogP contribution in [0.15, 0.2) is 24.5 Å². The molecule has 1 aromatic rings. The molecular formula is C12H15ClO3. The van der Waals surface area contributed by atoms with Crippen LogP contribution in [0.25, 0.3) is 6.08 Å². The molecule has 1 rings (SSSR count). The molecule has 0 radical (unpaired) electrons. The highest BCUT2D eigenvalue weighted by atomic mass is 35.5. The van der Waals surface area contributed by atoms with Gasteiger partial charge in [-0.1, -0.05) is 17.7 Å². The third-order valence-electron chi connectivity index (χ3n) is 1.90. The number of hydrogen-bond donors (Lipinski definition) is 0. The molecule has 0 heterocycles. The molecular weight excluding hydrogens is 228 g/mol. The summed E-state index contributed by atoms with van der Waals surface area (Å²) >= 11 is 6.05. The van der Waals surface area contributed by atoms with Gasteiger partial charge in [-0.15, -0.1) is 0 Å². The van der Waals surface area contributed by atoms with E-state index in [1.807, 2.05) is 24.3 Å². The Labute approximate surface area is 101 Å². The predicted molar refractivity (Wildman–Crippen MR) is 64.9 cm³/mol. The summed E-state index contributed by atoms with van der Waals surface area (Å²) in [4.78, 5) is 0. The Morgan fingerprint density at radius 3 is 2.69 bits per heavy atom. The summed E-state index contributed by atoms with van der Waals surface area (Å²) in [7, 11) is 3.23. The van der Waals surface area contributed by atoms with Crippen molar-refractivity contribution < 1.29 is 14.2 Å². The van der Waals surface area contributed by atoms with Crippen LogP contribution in [0.1, 0.15) is 5.56 Å². The van der Waals surface area contributed by atoms with Gasteiger partial charge < -0.3 is 14.2 Å². The van der Waals surface area contributed by atoms with Gasteiger partial charge >= 0.3 is 0 Å². The molecule has 0 aliphatic carbocycles. The highest BCUT2D eigenvalue weighted by molar-refractivity contribution is 6.32. The first-order valence-electron chi connectivity index (χ1n) is 4.88. The van der Waals surface area contributed by atoms with Crippen LogP contribution in [0.3, 0.4) is 0 Å². The first-order valence-corrected chi connectivity index (χ1v) is 5.26. The van der Waals surface area contributed by atoms with E-state index in [0.717, 1.165) is 5.56 Å². The Kier molecular flexibility index (Phi) is 5.75. The third kappa shape index (κ3) is 4.13. The number of methoxy groups -OCH3 is 2. The van der Waals surface area contributed by atoms with Gasteiger partial charge in [0.2, 0.25) is 0 Å². The zero-order chi connectivity index (χ0) is 11.8. The summed E-state index contributed by atoms with van der Waals surface area (Å²) in [5.41, 5.74) is 0.964. The fraction of sp³-hybridized carbons (Fsp3) is 0.333. The summed E-state index contributed by atoms with van der Waals surface area (Å²) in [5.74, 6) is 0.660. The molecule has 0 amide bonds. The predicted octanol–water partition coefficient (Wildman–Crippen LogP) is 2.98. The highest BCUT2D eigenvalue weighted by Crippen LogP contribution is 2.25. The maximum atomic E-state index is 6.05. The van der Waals surface area contributed by atoms with Gasteiger partial charge in [-0.3, -0.25) is 0 Å². The van der Waals surface area contributed by atoms with E-state index in [4.69, 9.17) is 25.8 Å². The van der Waals surface area contributed by atoms with Crippen LogP contribution in [0, 0.1) is 0 Å². The number of hydrogen-bond acceptors (Lipinski definition) is 3. The molecule has 0 fully saturated rings. The van der Waals surface area contributed by atoms with Gasteiger partial charge in [0, 0.05) is 7.11 Å². The van der Waals surface area contributed by atoms with Gasteiger partial charge in [0.1, 0.15) is 12.4 Å². The monoisotopic (exact) mass is 242 g/mol. The van der Waals surface area contributed by atoms with E-state index >= 15 is 0 Å². The molecule has 3 nitrogen and oxygen atoms in total. The average Bonchev–Trinajstić information content (AvgIpc) is 2.29. The van der Waals surface area contributed by atoms with Crippen LogP contribution in [0.5, 0.6) is 5.75 Å². The normalized spacial score (nSPS) is 10.7. The molecule has 0 aromatic heterocycles. The molecule has 0 aliphatic rings. The Morgan fingerprint density at radius 1 is 1.25 bits per heavy atom. The quantitative estimate of drug-likeness (QED) is 0.567. The molecule has 0 unspecified atom stereocenters. The number of rotatable bonds is 6. The second kappa shape index (κ2) is 7.14. The maximum Gasteiger partial charge on any atom is 0.138 e. The zero-order valence-corrected chi connectivity index (χ0v) is 10.2. The van der Waals surface area contributed by atoms with E-state index in [1.165, 1.54) is 0 Å². The lowest BCUT2D eigenvalue weighted by Crippen LogP contribution is -2.04. The van der Waals surface area contributed by atoms with E-state index in [1.54, 1.807) is 20.5 Å². The molecule has 0 N–H and O–H groups in total. The second-order valence-corrected chi connectivity index (χ2v) is 3.48. The fourth-order valence-corrected chi connectivity index (χ4v) is 1.36. The van der Waals surface area contributed by atoms with Crippen LogP contribution >= 0.6 is 11.6 Å². The summed E-state index contributed by atoms with van der Waals surface area (Å²) < 4.78 is 15.1. The standard InChI is InChI=1S/C12H15ClO3/c1-14-6-5-10-3-4-12(11(13)9-10)16-8-7-15-2/h3-6,9H,7-8H2,1-2H3/b6-5+. The minimum Gasteiger partial charge on any atom is -0.504 e. The van der Waals surface area contributed by atoms with E-state index in [-0.39, 0.29) is 0 Å². The van der Waals surface area contributed by atoms with Crippen LogP contribution in [-0.4, -0.2) is 27.4 Å². The first-order chi connectivity index (χ1) is 7.77. The minimum absolute atomic E-state index is 0.490. The first kappa shape index (κ1) is 12.9. The molecule has 4 heteroatoms. The van der Waals surface area contributed by atoms with Gasteiger partial charge in [0.05, 0.1) is 25.0 Å². The topological polar surface area (TPSA) is 27.7 Å². The van der Waals surface area contributed by atoms with E-state index < -0.39 is 0 Å². The van der Waals surface area contributed by atoms with Crippen molar-refractivity contribution in [2.75, 3.05) is 27.4 Å². The van der Waals surface area contributed by atoms with E-state index in [0.29, 0.717) is 24.0 Å². The summed E-state index contributed by atoms with van der Waals surface area (Å²) in [5, 5.41) is 0.578. The smallest absolute Gasteiger partial charge is 0.138 e. The van der Waals surface area contributed by atoms with Crippen molar-refractivity contribution in [3.63, 3.8) is 0 Å². The molecule has 0 saturated heterocycles. The van der Waals surface area contributed by atoms with E-state index in [2.05, 4.69) is 0 Å². The lowest BCUT2D eigenvalue weighted by Gasteiger charge is -2.07. The molecule has 88 valence electrons. The van der Waals surface area contributed by atoms with Crippen molar-refractivity contribution in [3.05, 3.63) is 35.0 Å². The zero-order valence-electron chi connectivity index (χ0n) is 9.40. The lowest BCUT2D eigenvalue weighted by atomic mass is 10.2. The molecule has 0 saturated carbocycles. The molecule has 0 atom stereocenters. The third-order valence-corrected chi connectivity index (χ3v) is 2.19. The van der Waals surface area contributed by atoms with Gasteiger partial charge in [0.15, 0.2) is 0 Å². The Bertz CT molecular complexity index is 350. The van der Waals surface area contributed by atoms with Gasteiger partial charge in [-0.2, -0.15) is 0 Å². The van der Waals surface area contributed by atoms with Crippen LogP contribution < -0.4 is 4.74 Å². The Morgan fingerprint density at radius 2 is 2.06 bits per heavy atom. The summed E-state index contributed by atoms with van der Waals surface area (Å²) in [6.45, 7) is 1.03. The minimum atomic E-state index is 0.490. The van der Waals surface area contributed by atoms with Crippen molar-refractivity contribution in [1.29, 1.82) is 0 Å². The number of ether oxygens (including phenoxy) is 3. The SMILES string of the molecule is CO/C=C/c1ccc(OCCOC)c(Cl)c1. The molecule has 0 bridgehead atoms. The van der Waals surface area contributed by atoms with Crippen molar-refractivity contribution >= 4 is 17.7 Å². The van der Waals surface area contributed by atoms with Crippen molar-refractivity contribution in [2.45, 2.75) is 0 Å². The Hall–Kier alpha value is -1.19. The summed E-state index contributed by atoms with van der Waals surface area (Å²) in [6, 6.07) is 5.55. The second-order valence-electron chi connectivity index (χ2n) is 3.07. The van der Waals surface area contributed by atoms with Crippen molar-refractivity contribution in [1.82, 2.24) is 0 Å². The summed E-state index contributed by atoms with van der Waals surface area (Å²) in [6.07, 6.45) is 3.42. The highest BCUT2D eigenvalue weighted by Gasteiger charge is 2.01.